The third kappa shape index (κ3) is 6.38. The van der Waals surface area contributed by atoms with Crippen molar-refractivity contribution in [2.45, 2.75) is 6.92 Å². The molecule has 0 aliphatic carbocycles. The molecule has 0 fully saturated rings. The zero-order valence-electron chi connectivity index (χ0n) is 15.8. The van der Waals surface area contributed by atoms with Crippen molar-refractivity contribution in [2.24, 2.45) is 0 Å². The van der Waals surface area contributed by atoms with E-state index in [0.29, 0.717) is 17.1 Å². The number of alkyl halides is 1. The molecular weight excluding hydrogens is 428 g/mol. The van der Waals surface area contributed by atoms with E-state index in [4.69, 9.17) is 16.1 Å². The molecule has 0 aliphatic heterocycles. The van der Waals surface area contributed by atoms with Crippen LogP contribution >= 0.6 is 26.7 Å². The number of hydrogen-bond donors (Lipinski definition) is 3. The average molecular weight is 450 g/mol. The first kappa shape index (κ1) is 21.5. The van der Waals surface area contributed by atoms with Crippen LogP contribution in [0.5, 0.6) is 5.75 Å². The second kappa shape index (κ2) is 9.51. The molecular formula is C20H22ClN3O3P2. The molecule has 3 N–H and O–H groups in total. The van der Waals surface area contributed by atoms with Crippen LogP contribution in [0, 0.1) is 6.92 Å². The lowest BCUT2D eigenvalue weighted by Gasteiger charge is -2.27. The predicted octanol–water partition coefficient (Wildman–Crippen LogP) is 6.69. The van der Waals surface area contributed by atoms with E-state index in [1.54, 1.807) is 60.7 Å². The van der Waals surface area contributed by atoms with Gasteiger partial charge in [0.2, 0.25) is 0 Å². The number of para-hydroxylation sites is 2. The Morgan fingerprint density at radius 1 is 0.793 bits per heavy atom. The van der Waals surface area contributed by atoms with E-state index in [1.807, 2.05) is 31.2 Å². The molecule has 0 aliphatic rings. The summed E-state index contributed by atoms with van der Waals surface area (Å²) in [6.45, 7) is 1.94. The van der Waals surface area contributed by atoms with Crippen molar-refractivity contribution < 1.29 is 13.7 Å². The maximum Gasteiger partial charge on any atom is 0.339 e. The summed E-state index contributed by atoms with van der Waals surface area (Å²) in [6, 6.07) is 25.0. The molecule has 3 aromatic rings. The van der Waals surface area contributed by atoms with Gasteiger partial charge in [0, 0.05) is 11.4 Å². The Balaban J connectivity index is 1.88. The van der Waals surface area contributed by atoms with Crippen LogP contribution in [-0.2, 0) is 9.13 Å². The van der Waals surface area contributed by atoms with Gasteiger partial charge in [-0.2, -0.15) is 0 Å². The molecule has 0 bridgehead atoms. The molecule has 9 heteroatoms. The van der Waals surface area contributed by atoms with Crippen molar-refractivity contribution in [3.05, 3.63) is 90.5 Å². The number of halogens is 1. The Labute approximate surface area is 175 Å². The number of aryl methyl sites for hydroxylation is 1. The minimum absolute atomic E-state index is 0.363. The van der Waals surface area contributed by atoms with Gasteiger partial charge >= 0.3 is 15.1 Å². The van der Waals surface area contributed by atoms with E-state index < -0.39 is 15.1 Å². The second-order valence-electron chi connectivity index (χ2n) is 6.36. The van der Waals surface area contributed by atoms with Gasteiger partial charge in [0.25, 0.3) is 0 Å². The van der Waals surface area contributed by atoms with E-state index >= 15 is 0 Å². The topological polar surface area (TPSA) is 79.5 Å². The lowest BCUT2D eigenvalue weighted by Crippen LogP contribution is -2.22. The molecule has 0 amide bonds. The molecule has 0 spiro atoms. The van der Waals surface area contributed by atoms with E-state index in [2.05, 4.69) is 15.0 Å². The Morgan fingerprint density at radius 3 is 1.72 bits per heavy atom. The van der Waals surface area contributed by atoms with Crippen LogP contribution in [0.4, 0.5) is 11.4 Å². The number of anilines is 2. The first-order valence-electron chi connectivity index (χ1n) is 8.87. The summed E-state index contributed by atoms with van der Waals surface area (Å²) in [7, 11) is -7.38. The molecule has 29 heavy (non-hydrogen) atoms. The monoisotopic (exact) mass is 449 g/mol. The maximum absolute atomic E-state index is 13.7. The lowest BCUT2D eigenvalue weighted by molar-refractivity contribution is 0.480. The fourth-order valence-electron chi connectivity index (χ4n) is 2.52. The van der Waals surface area contributed by atoms with E-state index in [9.17, 15) is 9.13 Å². The summed E-state index contributed by atoms with van der Waals surface area (Å²) >= 11 is 5.97. The quantitative estimate of drug-likeness (QED) is 0.249. The summed E-state index contributed by atoms with van der Waals surface area (Å²) in [6.07, 6.45) is 0. The molecule has 3 rings (SSSR count). The van der Waals surface area contributed by atoms with Crippen molar-refractivity contribution in [1.82, 2.24) is 4.86 Å². The summed E-state index contributed by atoms with van der Waals surface area (Å²) in [4.78, 5) is 2.65. The van der Waals surface area contributed by atoms with Crippen LogP contribution in [0.1, 0.15) is 5.56 Å². The van der Waals surface area contributed by atoms with Crippen molar-refractivity contribution >= 4 is 38.1 Å². The highest BCUT2D eigenvalue weighted by Crippen LogP contribution is 2.55. The first-order chi connectivity index (χ1) is 13.9. The fraction of sp³-hybridized carbons (Fsp3) is 0.100. The maximum atomic E-state index is 13.7. The van der Waals surface area contributed by atoms with Gasteiger partial charge in [0.15, 0.2) is 0 Å². The SMILES string of the molecule is Cc1ccc(OP(=O)(CCl)NP(=O)(Nc2ccccc2)Nc2ccccc2)cc1. The molecule has 152 valence electrons. The van der Waals surface area contributed by atoms with Crippen LogP contribution < -0.4 is 19.6 Å². The third-order valence-electron chi connectivity index (χ3n) is 3.85. The minimum atomic E-state index is -3.71. The molecule has 3 aromatic carbocycles. The Hall–Kier alpha value is -2.23. The molecule has 6 nitrogen and oxygen atoms in total. The van der Waals surface area contributed by atoms with Crippen LogP contribution in [0.15, 0.2) is 84.9 Å². The van der Waals surface area contributed by atoms with Gasteiger partial charge in [-0.3, -0.25) is 9.13 Å². The third-order valence-corrected chi connectivity index (χ3v) is 9.10. The normalized spacial score (nSPS) is 13.3. The molecule has 0 saturated heterocycles. The second-order valence-corrected chi connectivity index (χ2v) is 11.3. The summed E-state index contributed by atoms with van der Waals surface area (Å²) in [5.41, 5.74) is 1.84. The molecule has 0 heterocycles. The van der Waals surface area contributed by atoms with Crippen molar-refractivity contribution in [2.75, 3.05) is 15.8 Å². The highest BCUT2D eigenvalue weighted by Gasteiger charge is 2.35. The van der Waals surface area contributed by atoms with Crippen LogP contribution in [0.2, 0.25) is 0 Å². The van der Waals surface area contributed by atoms with Gasteiger partial charge in [-0.25, -0.2) is 0 Å². The molecule has 0 aromatic heterocycles. The summed E-state index contributed by atoms with van der Waals surface area (Å²) in [5.74, 6) is 0.373. The highest BCUT2D eigenvalue weighted by molar-refractivity contribution is 7.77. The van der Waals surface area contributed by atoms with Gasteiger partial charge < -0.3 is 14.7 Å². The first-order valence-corrected chi connectivity index (χ1v) is 12.9. The van der Waals surface area contributed by atoms with Gasteiger partial charge in [0.05, 0.1) is 0 Å². The van der Waals surface area contributed by atoms with E-state index in [0.717, 1.165) is 5.56 Å². The number of hydrogen-bond acceptors (Lipinski definition) is 3. The van der Waals surface area contributed by atoms with Crippen LogP contribution in [-0.4, -0.2) is 5.62 Å². The van der Waals surface area contributed by atoms with Crippen LogP contribution in [0.3, 0.4) is 0 Å². The minimum Gasteiger partial charge on any atom is -0.432 e. The zero-order chi connectivity index (χ0) is 20.7. The van der Waals surface area contributed by atoms with E-state index in [-0.39, 0.29) is 5.62 Å². The van der Waals surface area contributed by atoms with Crippen molar-refractivity contribution in [3.63, 3.8) is 0 Å². The van der Waals surface area contributed by atoms with Gasteiger partial charge in [0.1, 0.15) is 11.4 Å². The Bertz CT molecular complexity index is 973. The van der Waals surface area contributed by atoms with Crippen LogP contribution in [0.25, 0.3) is 0 Å². The zero-order valence-corrected chi connectivity index (χ0v) is 18.3. The smallest absolute Gasteiger partial charge is 0.339 e. The number of rotatable bonds is 9. The lowest BCUT2D eigenvalue weighted by atomic mass is 10.2. The molecule has 1 unspecified atom stereocenters. The van der Waals surface area contributed by atoms with Gasteiger partial charge in [-0.15, -0.1) is 16.5 Å². The Morgan fingerprint density at radius 2 is 1.28 bits per heavy atom. The van der Waals surface area contributed by atoms with Gasteiger partial charge in [-0.05, 0) is 43.3 Å². The molecule has 0 radical (unpaired) electrons. The van der Waals surface area contributed by atoms with Gasteiger partial charge in [-0.1, -0.05) is 54.1 Å². The van der Waals surface area contributed by atoms with E-state index in [1.165, 1.54) is 0 Å². The highest BCUT2D eigenvalue weighted by atomic mass is 35.5. The van der Waals surface area contributed by atoms with Crippen molar-refractivity contribution in [1.29, 1.82) is 0 Å². The average Bonchev–Trinajstić information content (AvgIpc) is 2.71. The molecule has 0 saturated carbocycles. The fourth-order valence-corrected chi connectivity index (χ4v) is 7.24. The van der Waals surface area contributed by atoms with Crippen molar-refractivity contribution in [3.8, 4) is 5.75 Å². The predicted molar refractivity (Wildman–Crippen MR) is 121 cm³/mol. The number of nitrogens with one attached hydrogen (secondary N) is 3. The standard InChI is InChI=1S/C20H22ClN3O3P2/c1-17-12-14-20(15-13-17)27-28(25,16-21)24-29(26,22-18-8-4-2-5-9-18)23-19-10-6-3-7-11-19/h2-15H,16H2,1H3,(H3,22,23,24,25,26). The summed E-state index contributed by atoms with van der Waals surface area (Å²) < 4.78 is 32.7. The Kier molecular flexibility index (Phi) is 7.05. The summed E-state index contributed by atoms with van der Waals surface area (Å²) in [5, 5.41) is 5.82. The molecule has 1 atom stereocenters. The largest absolute Gasteiger partial charge is 0.432 e. The number of benzene rings is 3.